The largest absolute Gasteiger partial charge is 0.475 e. The summed E-state index contributed by atoms with van der Waals surface area (Å²) in [6.45, 7) is 0. The van der Waals surface area contributed by atoms with Crippen LogP contribution in [0.25, 0.3) is 11.0 Å². The van der Waals surface area contributed by atoms with E-state index in [1.807, 2.05) is 0 Å². The van der Waals surface area contributed by atoms with E-state index in [-0.39, 0.29) is 6.42 Å². The number of nitrogens with zero attached hydrogens (tertiary/aromatic N) is 1. The van der Waals surface area contributed by atoms with Gasteiger partial charge in [0.05, 0.1) is 12.1 Å². The van der Waals surface area contributed by atoms with Crippen molar-refractivity contribution in [1.82, 2.24) is 5.16 Å². The third-order valence-corrected chi connectivity index (χ3v) is 2.02. The molecule has 1 aromatic carbocycles. The van der Waals surface area contributed by atoms with Gasteiger partial charge < -0.3 is 9.63 Å². The van der Waals surface area contributed by atoms with E-state index in [9.17, 15) is 9.59 Å². The van der Waals surface area contributed by atoms with Crippen LogP contribution in [0.2, 0.25) is 0 Å². The van der Waals surface area contributed by atoms with Gasteiger partial charge in [0, 0.05) is 5.39 Å². The predicted octanol–water partition coefficient (Wildman–Crippen LogP) is 1.02. The Morgan fingerprint density at radius 1 is 1.33 bits per heavy atom. The molecule has 15 heavy (non-hydrogen) atoms. The van der Waals surface area contributed by atoms with Crippen molar-refractivity contribution in [2.24, 2.45) is 0 Å². The highest BCUT2D eigenvalue weighted by atomic mass is 16.5. The molecule has 0 bridgehead atoms. The van der Waals surface area contributed by atoms with Gasteiger partial charge in [-0.2, -0.15) is 0 Å². The number of ketones is 1. The Balaban J connectivity index is 2.37. The molecule has 2 aromatic rings. The van der Waals surface area contributed by atoms with Crippen LogP contribution >= 0.6 is 0 Å². The monoisotopic (exact) mass is 205 g/mol. The summed E-state index contributed by atoms with van der Waals surface area (Å²) < 4.78 is 4.93. The highest BCUT2D eigenvalue weighted by Gasteiger charge is 2.16. The molecule has 0 spiro atoms. The maximum absolute atomic E-state index is 11.0. The molecule has 5 heteroatoms. The summed E-state index contributed by atoms with van der Waals surface area (Å²) in [7, 11) is 0. The van der Waals surface area contributed by atoms with E-state index in [2.05, 4.69) is 5.16 Å². The van der Waals surface area contributed by atoms with E-state index in [0.29, 0.717) is 16.7 Å². The molecule has 5 nitrogen and oxygen atoms in total. The lowest BCUT2D eigenvalue weighted by Gasteiger charge is -1.91. The molecule has 0 aliphatic carbocycles. The third-order valence-electron chi connectivity index (χ3n) is 2.02. The number of hydrogen-bond donors (Lipinski definition) is 1. The molecule has 0 saturated carbocycles. The van der Waals surface area contributed by atoms with Crippen molar-refractivity contribution in [3.63, 3.8) is 0 Å². The summed E-state index contributed by atoms with van der Waals surface area (Å²) in [6, 6.07) is 6.98. The maximum atomic E-state index is 11.0. The van der Waals surface area contributed by atoms with Gasteiger partial charge in [-0.25, -0.2) is 4.79 Å². The average molecular weight is 205 g/mol. The van der Waals surface area contributed by atoms with Crippen LogP contribution < -0.4 is 0 Å². The van der Waals surface area contributed by atoms with Crippen LogP contribution in [-0.4, -0.2) is 22.0 Å². The van der Waals surface area contributed by atoms with Crippen molar-refractivity contribution in [2.75, 3.05) is 0 Å². The quantitative estimate of drug-likeness (QED) is 0.756. The highest BCUT2D eigenvalue weighted by molar-refractivity contribution is 6.33. The van der Waals surface area contributed by atoms with Crippen LogP contribution in [0.1, 0.15) is 5.69 Å². The number of rotatable bonds is 3. The topological polar surface area (TPSA) is 80.4 Å². The fourth-order valence-corrected chi connectivity index (χ4v) is 1.29. The Morgan fingerprint density at radius 3 is 2.80 bits per heavy atom. The van der Waals surface area contributed by atoms with E-state index in [0.717, 1.165) is 0 Å². The van der Waals surface area contributed by atoms with E-state index >= 15 is 0 Å². The first-order valence-electron chi connectivity index (χ1n) is 4.28. The first-order chi connectivity index (χ1) is 7.18. The second kappa shape index (κ2) is 3.53. The predicted molar refractivity (Wildman–Crippen MR) is 50.4 cm³/mol. The normalized spacial score (nSPS) is 10.4. The average Bonchev–Trinajstić information content (AvgIpc) is 2.62. The van der Waals surface area contributed by atoms with Gasteiger partial charge in [0.25, 0.3) is 0 Å². The summed E-state index contributed by atoms with van der Waals surface area (Å²) in [6.07, 6.45) is -0.244. The minimum Gasteiger partial charge on any atom is -0.475 e. The minimum atomic E-state index is -1.46. The van der Waals surface area contributed by atoms with Crippen molar-refractivity contribution >= 4 is 22.7 Å². The van der Waals surface area contributed by atoms with Crippen molar-refractivity contribution in [3.8, 4) is 0 Å². The summed E-state index contributed by atoms with van der Waals surface area (Å²) >= 11 is 0. The Morgan fingerprint density at radius 2 is 2.07 bits per heavy atom. The molecule has 0 amide bonds. The summed E-state index contributed by atoms with van der Waals surface area (Å²) in [4.78, 5) is 21.3. The van der Waals surface area contributed by atoms with Gasteiger partial charge in [-0.3, -0.25) is 4.79 Å². The van der Waals surface area contributed by atoms with Crippen molar-refractivity contribution in [2.45, 2.75) is 6.42 Å². The number of carbonyl (C=O) groups is 2. The molecule has 1 N–H and O–H groups in total. The molecule has 1 aromatic heterocycles. The Hall–Kier alpha value is -2.17. The Labute approximate surface area is 84.3 Å². The zero-order chi connectivity index (χ0) is 10.8. The van der Waals surface area contributed by atoms with Crippen LogP contribution in [0.15, 0.2) is 28.8 Å². The molecule has 0 saturated heterocycles. The van der Waals surface area contributed by atoms with Crippen LogP contribution in [0.4, 0.5) is 0 Å². The second-order valence-corrected chi connectivity index (χ2v) is 3.03. The van der Waals surface area contributed by atoms with Crippen molar-refractivity contribution in [3.05, 3.63) is 30.0 Å². The summed E-state index contributed by atoms with van der Waals surface area (Å²) in [5.41, 5.74) is 0.906. The van der Waals surface area contributed by atoms with Gasteiger partial charge in [0.15, 0.2) is 5.58 Å². The third kappa shape index (κ3) is 1.71. The van der Waals surface area contributed by atoms with Crippen LogP contribution in [0.5, 0.6) is 0 Å². The molecule has 0 unspecified atom stereocenters. The molecule has 0 aliphatic rings. The van der Waals surface area contributed by atoms with E-state index in [4.69, 9.17) is 9.63 Å². The molecule has 0 aliphatic heterocycles. The molecular formula is C10H7NO4. The number of carboxylic acid groups (broad SMARTS) is 1. The first-order valence-corrected chi connectivity index (χ1v) is 4.28. The number of fused-ring (bicyclic) bond motifs is 1. The zero-order valence-corrected chi connectivity index (χ0v) is 7.64. The summed E-state index contributed by atoms with van der Waals surface area (Å²) in [5, 5.41) is 12.8. The molecule has 0 atom stereocenters. The zero-order valence-electron chi connectivity index (χ0n) is 7.64. The van der Waals surface area contributed by atoms with Gasteiger partial charge >= 0.3 is 5.97 Å². The number of hydrogen-bond acceptors (Lipinski definition) is 4. The van der Waals surface area contributed by atoms with Crippen molar-refractivity contribution in [1.29, 1.82) is 0 Å². The van der Waals surface area contributed by atoms with Crippen LogP contribution in [0.3, 0.4) is 0 Å². The van der Waals surface area contributed by atoms with Crippen molar-refractivity contribution < 1.29 is 19.2 Å². The lowest BCUT2D eigenvalue weighted by Crippen LogP contribution is -2.15. The molecule has 76 valence electrons. The summed E-state index contributed by atoms with van der Waals surface area (Å²) in [5.74, 6) is -2.35. The number of aromatic nitrogens is 1. The fraction of sp³-hybridized carbons (Fsp3) is 0.100. The fourth-order valence-electron chi connectivity index (χ4n) is 1.29. The number of aliphatic carboxylic acids is 1. The van der Waals surface area contributed by atoms with E-state index in [1.54, 1.807) is 24.3 Å². The van der Waals surface area contributed by atoms with E-state index in [1.165, 1.54) is 0 Å². The first kappa shape index (κ1) is 9.39. The highest BCUT2D eigenvalue weighted by Crippen LogP contribution is 2.18. The lowest BCUT2D eigenvalue weighted by molar-refractivity contribution is -0.148. The number of benzene rings is 1. The number of para-hydroxylation sites is 1. The maximum Gasteiger partial charge on any atom is 0.372 e. The Bertz CT molecular complexity index is 529. The minimum absolute atomic E-state index is 0.244. The van der Waals surface area contributed by atoms with Gasteiger partial charge in [0.2, 0.25) is 5.78 Å². The molecule has 2 rings (SSSR count). The Kier molecular flexibility index (Phi) is 2.21. The van der Waals surface area contributed by atoms with Gasteiger partial charge in [-0.1, -0.05) is 17.3 Å². The molecular weight excluding hydrogens is 198 g/mol. The molecule has 1 heterocycles. The lowest BCUT2D eigenvalue weighted by atomic mass is 10.1. The SMILES string of the molecule is O=C(O)C(=O)Cc1noc2ccccc12. The number of carboxylic acids is 1. The molecule has 0 radical (unpaired) electrons. The van der Waals surface area contributed by atoms with Gasteiger partial charge in [0.1, 0.15) is 0 Å². The number of Topliss-reactive ketones (excluding diaryl/α,β-unsaturated/α-hetero) is 1. The smallest absolute Gasteiger partial charge is 0.372 e. The van der Waals surface area contributed by atoms with Gasteiger partial charge in [-0.15, -0.1) is 0 Å². The van der Waals surface area contributed by atoms with Gasteiger partial charge in [-0.05, 0) is 12.1 Å². The standard InChI is InChI=1S/C10H7NO4/c12-8(10(13)14)5-7-6-3-1-2-4-9(6)15-11-7/h1-4H,5H2,(H,13,14). The second-order valence-electron chi connectivity index (χ2n) is 3.03. The van der Waals surface area contributed by atoms with E-state index < -0.39 is 11.8 Å². The van der Waals surface area contributed by atoms with Crippen LogP contribution in [0, 0.1) is 0 Å². The molecule has 0 fully saturated rings. The van der Waals surface area contributed by atoms with Crippen LogP contribution in [-0.2, 0) is 16.0 Å². The number of carbonyl (C=O) groups excluding carboxylic acids is 1.